The first-order valence-electron chi connectivity index (χ1n) is 9.72. The first-order valence-corrected chi connectivity index (χ1v) is 9.72. The molecule has 1 aliphatic heterocycles. The molecule has 1 saturated heterocycles. The lowest BCUT2D eigenvalue weighted by atomic mass is 9.59. The Hall–Kier alpha value is -1.51. The third kappa shape index (κ3) is 2.62. The second-order valence-corrected chi connectivity index (χ2v) is 8.49. The zero-order valence-corrected chi connectivity index (χ0v) is 14.9. The zero-order valence-electron chi connectivity index (χ0n) is 14.9. The van der Waals surface area contributed by atoms with Gasteiger partial charge < -0.3 is 10.2 Å². The standard InChI is InChI=1S/C21H30N2O/c1-17-9-14-23(16-21(17)12-6-13-21)19(24)22-15-20(10-5-11-20)18-7-3-2-4-8-18/h2-4,7-8,17H,5-6,9-16H2,1H3,(H,22,24). The normalized spacial score (nSPS) is 27.2. The molecule has 0 aromatic heterocycles. The Morgan fingerprint density at radius 1 is 1.17 bits per heavy atom. The van der Waals surface area contributed by atoms with Crippen molar-refractivity contribution in [1.29, 1.82) is 0 Å². The summed E-state index contributed by atoms with van der Waals surface area (Å²) in [6.45, 7) is 5.06. The fourth-order valence-electron chi connectivity index (χ4n) is 5.05. The number of piperidine rings is 1. The van der Waals surface area contributed by atoms with E-state index >= 15 is 0 Å². The van der Waals surface area contributed by atoms with Gasteiger partial charge in [-0.25, -0.2) is 4.79 Å². The molecule has 3 heteroatoms. The highest BCUT2D eigenvalue weighted by Crippen LogP contribution is 2.51. The van der Waals surface area contributed by atoms with Crippen molar-refractivity contribution in [1.82, 2.24) is 10.2 Å². The number of amides is 2. The van der Waals surface area contributed by atoms with Gasteiger partial charge in [0.05, 0.1) is 0 Å². The second kappa shape index (κ2) is 6.09. The summed E-state index contributed by atoms with van der Waals surface area (Å²) in [5.74, 6) is 0.776. The van der Waals surface area contributed by atoms with E-state index in [1.54, 1.807) is 0 Å². The molecule has 2 amide bonds. The van der Waals surface area contributed by atoms with Crippen molar-refractivity contribution in [2.24, 2.45) is 11.3 Å². The summed E-state index contributed by atoms with van der Waals surface area (Å²) in [4.78, 5) is 14.9. The number of nitrogens with one attached hydrogen (secondary N) is 1. The van der Waals surface area contributed by atoms with Crippen LogP contribution in [-0.4, -0.2) is 30.6 Å². The molecule has 2 aliphatic carbocycles. The third-order valence-corrected chi connectivity index (χ3v) is 7.29. The van der Waals surface area contributed by atoms with Gasteiger partial charge in [0.2, 0.25) is 0 Å². The van der Waals surface area contributed by atoms with Crippen LogP contribution in [0.1, 0.15) is 57.4 Å². The molecule has 1 aromatic carbocycles. The monoisotopic (exact) mass is 326 g/mol. The summed E-state index contributed by atoms with van der Waals surface area (Å²) in [5, 5.41) is 3.28. The summed E-state index contributed by atoms with van der Waals surface area (Å²) in [7, 11) is 0. The Kier molecular flexibility index (Phi) is 4.06. The van der Waals surface area contributed by atoms with Crippen LogP contribution in [-0.2, 0) is 5.41 Å². The van der Waals surface area contributed by atoms with Gasteiger partial charge in [-0.3, -0.25) is 0 Å². The van der Waals surface area contributed by atoms with E-state index in [4.69, 9.17) is 0 Å². The summed E-state index contributed by atoms with van der Waals surface area (Å²) in [6.07, 6.45) is 8.79. The van der Waals surface area contributed by atoms with Crippen molar-refractivity contribution < 1.29 is 4.79 Å². The van der Waals surface area contributed by atoms with Crippen molar-refractivity contribution in [3.05, 3.63) is 35.9 Å². The molecule has 0 radical (unpaired) electrons. The van der Waals surface area contributed by atoms with Crippen molar-refractivity contribution in [3.8, 4) is 0 Å². The van der Waals surface area contributed by atoms with Crippen molar-refractivity contribution in [2.75, 3.05) is 19.6 Å². The third-order valence-electron chi connectivity index (χ3n) is 7.29. The quantitative estimate of drug-likeness (QED) is 0.881. The molecule has 24 heavy (non-hydrogen) atoms. The Bertz CT molecular complexity index is 589. The lowest BCUT2D eigenvalue weighted by molar-refractivity contribution is -0.0132. The number of hydrogen-bond acceptors (Lipinski definition) is 1. The van der Waals surface area contributed by atoms with Crippen LogP contribution in [0, 0.1) is 11.3 Å². The minimum absolute atomic E-state index is 0.162. The van der Waals surface area contributed by atoms with Crippen LogP contribution < -0.4 is 5.32 Å². The molecular formula is C21H30N2O. The van der Waals surface area contributed by atoms with E-state index in [-0.39, 0.29) is 11.4 Å². The summed E-state index contributed by atoms with van der Waals surface area (Å²) >= 11 is 0. The average molecular weight is 326 g/mol. The minimum Gasteiger partial charge on any atom is -0.337 e. The van der Waals surface area contributed by atoms with Crippen LogP contribution in [0.25, 0.3) is 0 Å². The SMILES string of the molecule is CC1CCN(C(=O)NCC2(c3ccccc3)CCC2)CC12CCC2. The Morgan fingerprint density at radius 3 is 2.46 bits per heavy atom. The number of nitrogens with zero attached hydrogens (tertiary/aromatic N) is 1. The van der Waals surface area contributed by atoms with E-state index in [1.807, 2.05) is 0 Å². The molecule has 1 heterocycles. The molecule has 3 nitrogen and oxygen atoms in total. The maximum Gasteiger partial charge on any atom is 0.317 e. The second-order valence-electron chi connectivity index (χ2n) is 8.49. The van der Waals surface area contributed by atoms with Crippen molar-refractivity contribution >= 4 is 6.03 Å². The molecule has 3 aliphatic rings. The first-order chi connectivity index (χ1) is 11.6. The molecule has 1 N–H and O–H groups in total. The molecule has 0 bridgehead atoms. The molecule has 130 valence electrons. The van der Waals surface area contributed by atoms with Gasteiger partial charge in [-0.1, -0.05) is 50.1 Å². The van der Waals surface area contributed by atoms with E-state index in [0.717, 1.165) is 32.0 Å². The van der Waals surface area contributed by atoms with Crippen LogP contribution in [0.3, 0.4) is 0 Å². The van der Waals surface area contributed by atoms with E-state index in [2.05, 4.69) is 47.5 Å². The van der Waals surface area contributed by atoms with Gasteiger partial charge in [0.15, 0.2) is 0 Å². The molecule has 1 spiro atoms. The van der Waals surface area contributed by atoms with Gasteiger partial charge in [0, 0.05) is 25.0 Å². The van der Waals surface area contributed by atoms with E-state index in [1.165, 1.54) is 44.1 Å². The molecule has 2 saturated carbocycles. The van der Waals surface area contributed by atoms with Gasteiger partial charge in [0.25, 0.3) is 0 Å². The largest absolute Gasteiger partial charge is 0.337 e. The Labute approximate surface area is 145 Å². The lowest BCUT2D eigenvalue weighted by Gasteiger charge is -2.53. The summed E-state index contributed by atoms with van der Waals surface area (Å²) < 4.78 is 0. The first kappa shape index (κ1) is 16.0. The van der Waals surface area contributed by atoms with Gasteiger partial charge in [-0.15, -0.1) is 0 Å². The number of carbonyl (C=O) groups excluding carboxylic acids is 1. The predicted molar refractivity (Wildman–Crippen MR) is 97.0 cm³/mol. The fraction of sp³-hybridized carbons (Fsp3) is 0.667. The van der Waals surface area contributed by atoms with Gasteiger partial charge in [0.1, 0.15) is 0 Å². The number of rotatable bonds is 3. The topological polar surface area (TPSA) is 32.3 Å². The fourth-order valence-corrected chi connectivity index (χ4v) is 5.05. The Balaban J connectivity index is 1.38. The number of benzene rings is 1. The maximum atomic E-state index is 12.8. The van der Waals surface area contributed by atoms with Crippen LogP contribution in [0.15, 0.2) is 30.3 Å². The lowest BCUT2D eigenvalue weighted by Crippen LogP contribution is -2.57. The van der Waals surface area contributed by atoms with E-state index < -0.39 is 0 Å². The van der Waals surface area contributed by atoms with Gasteiger partial charge in [-0.2, -0.15) is 0 Å². The van der Waals surface area contributed by atoms with Gasteiger partial charge in [-0.05, 0) is 49.0 Å². The van der Waals surface area contributed by atoms with Gasteiger partial charge >= 0.3 is 6.03 Å². The maximum absolute atomic E-state index is 12.8. The summed E-state index contributed by atoms with van der Waals surface area (Å²) in [6, 6.07) is 10.9. The van der Waals surface area contributed by atoms with Crippen LogP contribution in [0.5, 0.6) is 0 Å². The van der Waals surface area contributed by atoms with Crippen LogP contribution >= 0.6 is 0 Å². The minimum atomic E-state index is 0.162. The molecule has 1 aromatic rings. The van der Waals surface area contributed by atoms with Crippen LogP contribution in [0.4, 0.5) is 4.79 Å². The highest BCUT2D eigenvalue weighted by atomic mass is 16.2. The van der Waals surface area contributed by atoms with E-state index in [9.17, 15) is 4.79 Å². The predicted octanol–water partition coefficient (Wildman–Crippen LogP) is 4.33. The highest BCUT2D eigenvalue weighted by Gasteiger charge is 2.46. The molecule has 4 rings (SSSR count). The molecule has 1 unspecified atom stereocenters. The molecule has 3 fully saturated rings. The Morgan fingerprint density at radius 2 is 1.88 bits per heavy atom. The van der Waals surface area contributed by atoms with E-state index in [0.29, 0.717) is 5.41 Å². The molecular weight excluding hydrogens is 296 g/mol. The smallest absolute Gasteiger partial charge is 0.317 e. The number of likely N-dealkylation sites (tertiary alicyclic amines) is 1. The number of carbonyl (C=O) groups is 1. The van der Waals surface area contributed by atoms with Crippen LogP contribution in [0.2, 0.25) is 0 Å². The number of urea groups is 1. The highest BCUT2D eigenvalue weighted by molar-refractivity contribution is 5.74. The summed E-state index contributed by atoms with van der Waals surface area (Å²) in [5.41, 5.74) is 2.00. The average Bonchev–Trinajstić information content (AvgIpc) is 2.53. The van der Waals surface area contributed by atoms with Crippen molar-refractivity contribution in [3.63, 3.8) is 0 Å². The molecule has 1 atom stereocenters. The van der Waals surface area contributed by atoms with Crippen molar-refractivity contribution in [2.45, 2.75) is 57.3 Å². The zero-order chi connectivity index (χ0) is 16.6. The number of hydrogen-bond donors (Lipinski definition) is 1.